The van der Waals surface area contributed by atoms with Crippen LogP contribution in [-0.2, 0) is 10.8 Å². The lowest BCUT2D eigenvalue weighted by atomic mass is 10.0. The van der Waals surface area contributed by atoms with Crippen molar-refractivity contribution >= 4 is 14.1 Å². The minimum atomic E-state index is -1.50. The zero-order chi connectivity index (χ0) is 11.6. The van der Waals surface area contributed by atoms with Gasteiger partial charge in [0.15, 0.2) is 0 Å². The fourth-order valence-corrected chi connectivity index (χ4v) is 2.89. The van der Waals surface area contributed by atoms with Gasteiger partial charge in [0.1, 0.15) is 5.76 Å². The van der Waals surface area contributed by atoms with Crippen LogP contribution in [0.1, 0.15) is 24.0 Å². The third-order valence-electron chi connectivity index (χ3n) is 2.68. The molecule has 86 valence electrons. The summed E-state index contributed by atoms with van der Waals surface area (Å²) in [7, 11) is -1.50. The zero-order valence-electron chi connectivity index (χ0n) is 10.4. The van der Waals surface area contributed by atoms with Crippen molar-refractivity contribution in [1.82, 2.24) is 0 Å². The molecule has 0 amide bonds. The molecule has 0 fully saturated rings. The first kappa shape index (κ1) is 11.5. The molecule has 1 aliphatic rings. The summed E-state index contributed by atoms with van der Waals surface area (Å²) in [6.45, 7) is 6.71. The molecule has 0 saturated carbocycles. The summed E-state index contributed by atoms with van der Waals surface area (Å²) < 4.78 is 6.19. The summed E-state index contributed by atoms with van der Waals surface area (Å²) in [5.41, 5.74) is 2.74. The lowest BCUT2D eigenvalue weighted by Gasteiger charge is -2.22. The summed E-state index contributed by atoms with van der Waals surface area (Å²) in [6.07, 6.45) is 5.80. The molecule has 0 atom stereocenters. The quantitative estimate of drug-likeness (QED) is 0.694. The molecule has 0 heterocycles. The maximum absolute atomic E-state index is 6.19. The van der Waals surface area contributed by atoms with Crippen molar-refractivity contribution in [3.05, 3.63) is 41.5 Å². The lowest BCUT2D eigenvalue weighted by Crippen LogP contribution is -2.24. The van der Waals surface area contributed by atoms with Crippen LogP contribution in [0.2, 0.25) is 19.6 Å². The highest BCUT2D eigenvalue weighted by atomic mass is 28.4. The highest BCUT2D eigenvalue weighted by molar-refractivity contribution is 6.70. The third-order valence-corrected chi connectivity index (χ3v) is 3.51. The maximum atomic E-state index is 6.19. The van der Waals surface area contributed by atoms with Gasteiger partial charge in [-0.15, -0.1) is 0 Å². The monoisotopic (exact) mass is 232 g/mol. The van der Waals surface area contributed by atoms with E-state index in [1.54, 1.807) is 0 Å². The topological polar surface area (TPSA) is 9.23 Å². The van der Waals surface area contributed by atoms with Gasteiger partial charge in [0.2, 0.25) is 8.32 Å². The van der Waals surface area contributed by atoms with Crippen LogP contribution in [0, 0.1) is 0 Å². The highest BCUT2D eigenvalue weighted by Gasteiger charge is 2.20. The Morgan fingerprint density at radius 1 is 1.12 bits per heavy atom. The maximum Gasteiger partial charge on any atom is 0.242 e. The van der Waals surface area contributed by atoms with Gasteiger partial charge >= 0.3 is 0 Å². The normalized spacial score (nSPS) is 16.1. The Morgan fingerprint density at radius 3 is 2.62 bits per heavy atom. The van der Waals surface area contributed by atoms with Crippen LogP contribution in [0.3, 0.4) is 0 Å². The Hall–Kier alpha value is -1.02. The molecule has 0 radical (unpaired) electrons. The zero-order valence-corrected chi connectivity index (χ0v) is 11.4. The van der Waals surface area contributed by atoms with Gasteiger partial charge in [-0.05, 0) is 50.5 Å². The predicted octanol–water partition coefficient (Wildman–Crippen LogP) is 4.22. The largest absolute Gasteiger partial charge is 0.544 e. The summed E-state index contributed by atoms with van der Waals surface area (Å²) in [6, 6.07) is 8.64. The van der Waals surface area contributed by atoms with E-state index in [0.717, 1.165) is 12.2 Å². The number of allylic oxidation sites excluding steroid dienone is 1. The van der Waals surface area contributed by atoms with E-state index < -0.39 is 8.32 Å². The third kappa shape index (κ3) is 2.76. The van der Waals surface area contributed by atoms with Gasteiger partial charge in [-0.25, -0.2) is 0 Å². The van der Waals surface area contributed by atoms with E-state index in [0.29, 0.717) is 0 Å². The van der Waals surface area contributed by atoms with E-state index in [1.165, 1.54) is 24.0 Å². The van der Waals surface area contributed by atoms with Crippen molar-refractivity contribution in [1.29, 1.82) is 0 Å². The smallest absolute Gasteiger partial charge is 0.242 e. The Balaban J connectivity index is 2.35. The number of fused-ring (bicyclic) bond motifs is 1. The second kappa shape index (κ2) is 4.46. The minimum Gasteiger partial charge on any atom is -0.544 e. The molecular weight excluding hydrogens is 212 g/mol. The second-order valence-corrected chi connectivity index (χ2v) is 9.76. The van der Waals surface area contributed by atoms with E-state index >= 15 is 0 Å². The highest BCUT2D eigenvalue weighted by Crippen LogP contribution is 2.28. The molecule has 1 aromatic rings. The summed E-state index contributed by atoms with van der Waals surface area (Å²) in [4.78, 5) is 0. The molecule has 16 heavy (non-hydrogen) atoms. The van der Waals surface area contributed by atoms with Crippen LogP contribution in [0.15, 0.2) is 30.3 Å². The molecule has 2 heteroatoms. The molecule has 0 aliphatic heterocycles. The van der Waals surface area contributed by atoms with E-state index in [1.807, 2.05) is 0 Å². The van der Waals surface area contributed by atoms with Gasteiger partial charge in [0.05, 0.1) is 0 Å². The summed E-state index contributed by atoms with van der Waals surface area (Å²) >= 11 is 0. The van der Waals surface area contributed by atoms with Gasteiger partial charge < -0.3 is 4.43 Å². The van der Waals surface area contributed by atoms with Crippen LogP contribution >= 0.6 is 0 Å². The number of aryl methyl sites for hydroxylation is 1. The number of rotatable bonds is 2. The first-order chi connectivity index (χ1) is 7.56. The molecule has 1 aromatic carbocycles. The van der Waals surface area contributed by atoms with Crippen LogP contribution in [0.5, 0.6) is 0 Å². The average Bonchev–Trinajstić information content (AvgIpc) is 2.39. The van der Waals surface area contributed by atoms with Crippen LogP contribution < -0.4 is 0 Å². The van der Waals surface area contributed by atoms with E-state index in [4.69, 9.17) is 4.43 Å². The molecule has 2 rings (SSSR count). The van der Waals surface area contributed by atoms with Crippen molar-refractivity contribution in [3.63, 3.8) is 0 Å². The molecule has 0 spiro atoms. The summed E-state index contributed by atoms with van der Waals surface area (Å²) in [5, 5.41) is 0. The van der Waals surface area contributed by atoms with Gasteiger partial charge in [0.25, 0.3) is 0 Å². The average molecular weight is 232 g/mol. The fourth-order valence-electron chi connectivity index (χ4n) is 2.04. The molecule has 0 bridgehead atoms. The number of hydrogen-bond acceptors (Lipinski definition) is 1. The van der Waals surface area contributed by atoms with Crippen LogP contribution in [0.25, 0.3) is 5.76 Å². The van der Waals surface area contributed by atoms with Gasteiger partial charge in [-0.1, -0.05) is 24.3 Å². The van der Waals surface area contributed by atoms with Crippen molar-refractivity contribution in [2.24, 2.45) is 0 Å². The van der Waals surface area contributed by atoms with E-state index in [-0.39, 0.29) is 0 Å². The fraction of sp³-hybridized carbons (Fsp3) is 0.429. The molecular formula is C14H20OSi. The molecule has 1 aliphatic carbocycles. The van der Waals surface area contributed by atoms with Crippen LogP contribution in [0.4, 0.5) is 0 Å². The number of benzene rings is 1. The lowest BCUT2D eigenvalue weighted by molar-refractivity contribution is 0.513. The SMILES string of the molecule is C[Si](C)(C)OC1=CCCCc2ccccc21. The first-order valence-electron chi connectivity index (χ1n) is 6.04. The Morgan fingerprint density at radius 2 is 1.88 bits per heavy atom. The van der Waals surface area contributed by atoms with Crippen molar-refractivity contribution in [2.75, 3.05) is 0 Å². The molecule has 1 nitrogen and oxygen atoms in total. The van der Waals surface area contributed by atoms with E-state index in [9.17, 15) is 0 Å². The Bertz CT molecular complexity index is 401. The first-order valence-corrected chi connectivity index (χ1v) is 9.44. The van der Waals surface area contributed by atoms with Gasteiger partial charge in [-0.2, -0.15) is 0 Å². The predicted molar refractivity (Wildman–Crippen MR) is 71.8 cm³/mol. The van der Waals surface area contributed by atoms with Gasteiger partial charge in [0, 0.05) is 5.56 Å². The Labute approximate surface area is 99.3 Å². The van der Waals surface area contributed by atoms with Gasteiger partial charge in [-0.3, -0.25) is 0 Å². The summed E-state index contributed by atoms with van der Waals surface area (Å²) in [5.74, 6) is 1.12. The molecule has 0 N–H and O–H groups in total. The standard InChI is InChI=1S/C14H20OSi/c1-16(2,3)15-14-11-7-5-9-12-8-4-6-10-13(12)14/h4,6,8,10-11H,5,7,9H2,1-3H3. The van der Waals surface area contributed by atoms with Crippen LogP contribution in [-0.4, -0.2) is 8.32 Å². The second-order valence-electron chi connectivity index (χ2n) is 5.33. The molecule has 0 unspecified atom stereocenters. The van der Waals surface area contributed by atoms with Crippen molar-refractivity contribution in [3.8, 4) is 0 Å². The molecule has 0 aromatic heterocycles. The van der Waals surface area contributed by atoms with Crippen molar-refractivity contribution < 1.29 is 4.43 Å². The number of hydrogen-bond donors (Lipinski definition) is 0. The Kier molecular flexibility index (Phi) is 3.19. The minimum absolute atomic E-state index is 1.12. The van der Waals surface area contributed by atoms with Crippen molar-refractivity contribution in [2.45, 2.75) is 38.9 Å². The molecule has 0 saturated heterocycles. The van der Waals surface area contributed by atoms with E-state index in [2.05, 4.69) is 50.0 Å².